The molecule has 22 heavy (non-hydrogen) atoms. The fourth-order valence-electron chi connectivity index (χ4n) is 4.60. The summed E-state index contributed by atoms with van der Waals surface area (Å²) in [4.78, 5) is 1.73. The average molecular weight is 318 g/mol. The van der Waals surface area contributed by atoms with Crippen LogP contribution in [0.4, 0.5) is 0 Å². The van der Waals surface area contributed by atoms with Crippen molar-refractivity contribution in [2.75, 3.05) is 26.7 Å². The van der Waals surface area contributed by atoms with Crippen LogP contribution >= 0.6 is 9.16 Å². The molecule has 118 valence electrons. The highest BCUT2D eigenvalue weighted by molar-refractivity contribution is 8.54. The number of rotatable bonds is 2. The van der Waals surface area contributed by atoms with Crippen molar-refractivity contribution < 1.29 is 14.6 Å². The number of allylic oxidation sites excluding steroid dienone is 4. The zero-order valence-corrected chi connectivity index (χ0v) is 14.3. The van der Waals surface area contributed by atoms with Gasteiger partial charge in [-0.25, -0.2) is 9.16 Å². The molecule has 1 atom stereocenters. The van der Waals surface area contributed by atoms with E-state index in [1.807, 2.05) is 24.3 Å². The highest BCUT2D eigenvalue weighted by Crippen LogP contribution is 3.01. The lowest BCUT2D eigenvalue weighted by atomic mass is 9.93. The molecular formula is C18H22O3S. The van der Waals surface area contributed by atoms with Crippen molar-refractivity contribution >= 4 is 9.16 Å². The molecule has 4 rings (SSSR count). The van der Waals surface area contributed by atoms with Crippen LogP contribution in [0.3, 0.4) is 0 Å². The Morgan fingerprint density at radius 2 is 1.95 bits per heavy atom. The predicted octanol–water partition coefficient (Wildman–Crippen LogP) is 3.30. The van der Waals surface area contributed by atoms with Crippen LogP contribution in [0.1, 0.15) is 12.0 Å². The summed E-state index contributed by atoms with van der Waals surface area (Å²) in [5.74, 6) is 1.67. The van der Waals surface area contributed by atoms with Crippen molar-refractivity contribution in [2.45, 2.75) is 16.2 Å². The van der Waals surface area contributed by atoms with Gasteiger partial charge in [0, 0.05) is 12.0 Å². The molecule has 1 aliphatic carbocycles. The highest BCUT2D eigenvalue weighted by Gasteiger charge is 2.74. The van der Waals surface area contributed by atoms with Gasteiger partial charge in [0.25, 0.3) is 0 Å². The molecule has 0 bridgehead atoms. The molecule has 0 aromatic heterocycles. The Morgan fingerprint density at radius 3 is 2.64 bits per heavy atom. The molecule has 3 nitrogen and oxygen atoms in total. The van der Waals surface area contributed by atoms with E-state index in [0.29, 0.717) is 6.42 Å². The van der Waals surface area contributed by atoms with Gasteiger partial charge in [0.2, 0.25) is 0 Å². The Balaban J connectivity index is 1.98. The lowest BCUT2D eigenvalue weighted by Gasteiger charge is -2.81. The van der Waals surface area contributed by atoms with Gasteiger partial charge in [-0.15, -0.1) is 0 Å². The quantitative estimate of drug-likeness (QED) is 0.822. The maximum absolute atomic E-state index is 11.7. The largest absolute Gasteiger partial charge is 0.501 e. The summed E-state index contributed by atoms with van der Waals surface area (Å²) in [6.07, 6.45) is 11.4. The average Bonchev–Trinajstić information content (AvgIpc) is 2.75. The number of hydrogen-bond acceptors (Lipinski definition) is 3. The standard InChI is InChI=1S/C18H22O3S/c1-20-12-7-5-9-15-13(11-12)18(19)17-14(21-2)8-6-10-16(17)22(15,18,3)4/h5-10,19,22H,11H2,1-4H3. The van der Waals surface area contributed by atoms with Crippen LogP contribution in [0, 0.1) is 0 Å². The minimum Gasteiger partial charge on any atom is -0.501 e. The van der Waals surface area contributed by atoms with Gasteiger partial charge in [-0.05, 0) is 40.0 Å². The second-order valence-corrected chi connectivity index (χ2v) is 12.7. The summed E-state index contributed by atoms with van der Waals surface area (Å²) in [6.45, 7) is 0. The minimum atomic E-state index is -2.51. The van der Waals surface area contributed by atoms with Gasteiger partial charge in [0.05, 0.1) is 20.0 Å². The summed E-state index contributed by atoms with van der Waals surface area (Å²) >= 11 is 0. The van der Waals surface area contributed by atoms with Gasteiger partial charge < -0.3 is 14.6 Å². The number of fused-ring (bicyclic) bond motifs is 6. The molecule has 0 radical (unpaired) electrons. The smallest absolute Gasteiger partial charge is 0.142 e. The highest BCUT2D eigenvalue weighted by atomic mass is 32.3. The van der Waals surface area contributed by atoms with Crippen LogP contribution in [0.15, 0.2) is 57.6 Å². The Bertz CT molecular complexity index is 801. The van der Waals surface area contributed by atoms with E-state index >= 15 is 0 Å². The Hall–Kier alpha value is -1.65. The molecule has 3 aliphatic rings. The van der Waals surface area contributed by atoms with Crippen LogP contribution in [0.5, 0.6) is 5.75 Å². The maximum Gasteiger partial charge on any atom is 0.142 e. The minimum absolute atomic E-state index is 0.659. The molecule has 2 aliphatic heterocycles. The van der Waals surface area contributed by atoms with Gasteiger partial charge in [-0.1, -0.05) is 24.3 Å². The van der Waals surface area contributed by atoms with Gasteiger partial charge in [0.1, 0.15) is 10.7 Å². The Kier molecular flexibility index (Phi) is 2.42. The van der Waals surface area contributed by atoms with E-state index in [1.165, 1.54) is 9.80 Å². The Morgan fingerprint density at radius 1 is 1.18 bits per heavy atom. The molecule has 1 N–H and O–H groups in total. The molecule has 0 fully saturated rings. The van der Waals surface area contributed by atoms with E-state index in [9.17, 15) is 5.11 Å². The lowest BCUT2D eigenvalue weighted by Crippen LogP contribution is -2.59. The number of aliphatic hydroxyl groups is 1. The lowest BCUT2D eigenvalue weighted by molar-refractivity contribution is 0.134. The predicted molar refractivity (Wildman–Crippen MR) is 91.9 cm³/mol. The van der Waals surface area contributed by atoms with E-state index in [2.05, 4.69) is 24.7 Å². The van der Waals surface area contributed by atoms with Crippen molar-refractivity contribution in [3.63, 3.8) is 0 Å². The zero-order chi connectivity index (χ0) is 15.8. The second-order valence-electron chi connectivity index (χ2n) is 6.89. The van der Waals surface area contributed by atoms with Crippen molar-refractivity contribution in [1.82, 2.24) is 0 Å². The summed E-state index contributed by atoms with van der Waals surface area (Å²) in [5.41, 5.74) is 2.04. The summed E-state index contributed by atoms with van der Waals surface area (Å²) < 4.78 is 11.0. The fraction of sp³-hybridized carbons (Fsp3) is 0.333. The van der Waals surface area contributed by atoms with Crippen LogP contribution in [-0.2, 0) is 9.67 Å². The zero-order valence-electron chi connectivity index (χ0n) is 13.4. The first-order valence-electron chi connectivity index (χ1n) is 7.46. The molecule has 0 saturated carbocycles. The van der Waals surface area contributed by atoms with Gasteiger partial charge in [-0.3, -0.25) is 0 Å². The molecule has 0 amide bonds. The summed E-state index contributed by atoms with van der Waals surface area (Å²) in [5, 5.41) is 11.7. The molecule has 0 saturated heterocycles. The molecule has 4 heteroatoms. The topological polar surface area (TPSA) is 38.7 Å². The number of thiol groups is 1. The maximum atomic E-state index is 11.7. The van der Waals surface area contributed by atoms with Crippen molar-refractivity contribution in [1.29, 1.82) is 0 Å². The molecular weight excluding hydrogens is 296 g/mol. The number of benzene rings is 1. The molecule has 0 spiro atoms. The van der Waals surface area contributed by atoms with E-state index in [1.54, 1.807) is 14.2 Å². The third kappa shape index (κ3) is 1.12. The SMILES string of the molecule is COC1=CC=CC2=C(C1)C1(O)c3c(OC)cccc3[SH]21(C)C. The third-order valence-corrected chi connectivity index (χ3v) is 12.0. The molecule has 1 aromatic rings. The van der Waals surface area contributed by atoms with Gasteiger partial charge >= 0.3 is 0 Å². The summed E-state index contributed by atoms with van der Waals surface area (Å²) in [7, 11) is 0.833. The van der Waals surface area contributed by atoms with Gasteiger partial charge in [-0.2, -0.15) is 0 Å². The van der Waals surface area contributed by atoms with E-state index in [-0.39, 0.29) is 0 Å². The number of hydrogen-bond donors (Lipinski definition) is 2. The second kappa shape index (κ2) is 3.81. The van der Waals surface area contributed by atoms with E-state index in [0.717, 1.165) is 22.6 Å². The molecule has 1 aromatic carbocycles. The van der Waals surface area contributed by atoms with Crippen molar-refractivity contribution in [2.24, 2.45) is 0 Å². The van der Waals surface area contributed by atoms with Crippen molar-refractivity contribution in [3.8, 4) is 5.75 Å². The van der Waals surface area contributed by atoms with E-state index < -0.39 is 14.1 Å². The molecule has 1 unspecified atom stereocenters. The summed E-state index contributed by atoms with van der Waals surface area (Å²) in [6, 6.07) is 6.11. The van der Waals surface area contributed by atoms with Gasteiger partial charge in [0.15, 0.2) is 0 Å². The van der Waals surface area contributed by atoms with Crippen LogP contribution < -0.4 is 4.74 Å². The van der Waals surface area contributed by atoms with Crippen LogP contribution in [-0.4, -0.2) is 31.8 Å². The van der Waals surface area contributed by atoms with E-state index in [4.69, 9.17) is 9.47 Å². The Labute approximate surface area is 131 Å². The number of methoxy groups -OCH3 is 2. The monoisotopic (exact) mass is 318 g/mol. The number of ether oxygens (including phenoxy) is 2. The third-order valence-electron chi connectivity index (χ3n) is 5.87. The van der Waals surface area contributed by atoms with Crippen LogP contribution in [0.2, 0.25) is 0 Å². The fourth-order valence-corrected chi connectivity index (χ4v) is 10.2. The van der Waals surface area contributed by atoms with Crippen LogP contribution in [0.25, 0.3) is 0 Å². The first-order chi connectivity index (χ1) is 10.4. The molecule has 2 heterocycles. The first-order valence-corrected chi connectivity index (χ1v) is 10.6. The van der Waals surface area contributed by atoms with Crippen molar-refractivity contribution in [3.05, 3.63) is 58.2 Å². The first kappa shape index (κ1) is 14.0. The normalized spacial score (nSPS) is 31.0.